The van der Waals surface area contributed by atoms with E-state index in [1.54, 1.807) is 0 Å². The van der Waals surface area contributed by atoms with Gasteiger partial charge in [0.25, 0.3) is 5.91 Å². The van der Waals surface area contributed by atoms with Gasteiger partial charge < -0.3 is 19.7 Å². The smallest absolute Gasteiger partial charge is 0.253 e. The standard InChI is InChI=1S/C18H26N2O3/c1-13(2)16-10-20(17-8-4-3-7-15(17)19-16)18(21)12-22-11-14-6-5-9-23-14/h3-4,7-8,13-14,16,19H,5-6,9-12H2,1-2H3. The van der Waals surface area contributed by atoms with Crippen LogP contribution in [0.2, 0.25) is 0 Å². The molecule has 2 aliphatic rings. The van der Waals surface area contributed by atoms with Gasteiger partial charge in [0.05, 0.1) is 24.1 Å². The Balaban J connectivity index is 1.63. The normalized spacial score (nSPS) is 23.7. The fraction of sp³-hybridized carbons (Fsp3) is 0.611. The van der Waals surface area contributed by atoms with Crippen molar-refractivity contribution in [1.82, 2.24) is 0 Å². The molecule has 0 aliphatic carbocycles. The summed E-state index contributed by atoms with van der Waals surface area (Å²) < 4.78 is 11.1. The van der Waals surface area contributed by atoms with Crippen molar-refractivity contribution in [2.24, 2.45) is 5.92 Å². The largest absolute Gasteiger partial charge is 0.379 e. The van der Waals surface area contributed by atoms with Crippen LogP contribution in [0.4, 0.5) is 11.4 Å². The number of fused-ring (bicyclic) bond motifs is 1. The second-order valence-electron chi connectivity index (χ2n) is 6.67. The molecule has 1 fully saturated rings. The monoisotopic (exact) mass is 318 g/mol. The van der Waals surface area contributed by atoms with Crippen molar-refractivity contribution in [1.29, 1.82) is 0 Å². The molecule has 0 saturated carbocycles. The molecule has 0 bridgehead atoms. The van der Waals surface area contributed by atoms with Gasteiger partial charge in [0.2, 0.25) is 0 Å². The van der Waals surface area contributed by atoms with Gasteiger partial charge >= 0.3 is 0 Å². The van der Waals surface area contributed by atoms with E-state index in [9.17, 15) is 4.79 Å². The summed E-state index contributed by atoms with van der Waals surface area (Å²) in [5.41, 5.74) is 1.96. The van der Waals surface area contributed by atoms with Gasteiger partial charge in [0.15, 0.2) is 0 Å². The molecule has 126 valence electrons. The van der Waals surface area contributed by atoms with Gasteiger partial charge in [-0.05, 0) is 30.9 Å². The Kier molecular flexibility index (Phi) is 5.18. The Hall–Kier alpha value is -1.59. The maximum absolute atomic E-state index is 12.6. The van der Waals surface area contributed by atoms with Crippen molar-refractivity contribution in [3.8, 4) is 0 Å². The molecule has 1 amide bonds. The lowest BCUT2D eigenvalue weighted by Crippen LogP contribution is -2.48. The number of ether oxygens (including phenoxy) is 2. The Morgan fingerprint density at radius 3 is 3.00 bits per heavy atom. The van der Waals surface area contributed by atoms with Crippen LogP contribution in [0, 0.1) is 5.92 Å². The van der Waals surface area contributed by atoms with Crippen molar-refractivity contribution < 1.29 is 14.3 Å². The molecule has 3 rings (SSSR count). The first-order valence-electron chi connectivity index (χ1n) is 8.50. The van der Waals surface area contributed by atoms with Crippen molar-refractivity contribution in [3.05, 3.63) is 24.3 Å². The SMILES string of the molecule is CC(C)C1CN(C(=O)COCC2CCCO2)c2ccccc2N1. The van der Waals surface area contributed by atoms with Crippen LogP contribution in [-0.4, -0.2) is 44.4 Å². The summed E-state index contributed by atoms with van der Waals surface area (Å²) in [5, 5.41) is 3.53. The number of nitrogens with zero attached hydrogens (tertiary/aromatic N) is 1. The van der Waals surface area contributed by atoms with Gasteiger partial charge in [0, 0.05) is 19.2 Å². The molecule has 23 heavy (non-hydrogen) atoms. The number of nitrogens with one attached hydrogen (secondary N) is 1. The summed E-state index contributed by atoms with van der Waals surface area (Å²) >= 11 is 0. The Labute approximate surface area is 137 Å². The van der Waals surface area contributed by atoms with Gasteiger partial charge in [-0.15, -0.1) is 0 Å². The predicted molar refractivity (Wildman–Crippen MR) is 90.8 cm³/mol. The highest BCUT2D eigenvalue weighted by Crippen LogP contribution is 2.32. The molecule has 2 heterocycles. The molecule has 2 unspecified atom stereocenters. The highest BCUT2D eigenvalue weighted by Gasteiger charge is 2.29. The van der Waals surface area contributed by atoms with Crippen LogP contribution >= 0.6 is 0 Å². The summed E-state index contributed by atoms with van der Waals surface area (Å²) in [6.45, 7) is 6.44. The van der Waals surface area contributed by atoms with E-state index < -0.39 is 0 Å². The third-order valence-electron chi connectivity index (χ3n) is 4.57. The van der Waals surface area contributed by atoms with Crippen molar-refractivity contribution in [3.63, 3.8) is 0 Å². The van der Waals surface area contributed by atoms with Crippen LogP contribution in [0.5, 0.6) is 0 Å². The number of benzene rings is 1. The minimum Gasteiger partial charge on any atom is -0.379 e. The average molecular weight is 318 g/mol. The maximum atomic E-state index is 12.6. The highest BCUT2D eigenvalue weighted by molar-refractivity contribution is 5.98. The van der Waals surface area contributed by atoms with E-state index in [1.807, 2.05) is 29.2 Å². The van der Waals surface area contributed by atoms with Crippen LogP contribution in [0.1, 0.15) is 26.7 Å². The lowest BCUT2D eigenvalue weighted by atomic mass is 10.00. The third-order valence-corrected chi connectivity index (χ3v) is 4.57. The zero-order valence-electron chi connectivity index (χ0n) is 14.0. The number of carbonyl (C=O) groups excluding carboxylic acids is 1. The quantitative estimate of drug-likeness (QED) is 0.907. The van der Waals surface area contributed by atoms with E-state index >= 15 is 0 Å². The number of hydrogen-bond acceptors (Lipinski definition) is 4. The van der Waals surface area contributed by atoms with Crippen LogP contribution in [-0.2, 0) is 14.3 Å². The van der Waals surface area contributed by atoms with Crippen molar-refractivity contribution >= 4 is 17.3 Å². The van der Waals surface area contributed by atoms with E-state index in [1.165, 1.54) is 0 Å². The topological polar surface area (TPSA) is 50.8 Å². The zero-order chi connectivity index (χ0) is 16.2. The van der Waals surface area contributed by atoms with Crippen LogP contribution in [0.15, 0.2) is 24.3 Å². The molecule has 2 atom stereocenters. The number of para-hydroxylation sites is 2. The Morgan fingerprint density at radius 1 is 1.43 bits per heavy atom. The van der Waals surface area contributed by atoms with E-state index in [0.29, 0.717) is 19.1 Å². The van der Waals surface area contributed by atoms with Gasteiger partial charge in [-0.2, -0.15) is 0 Å². The molecule has 1 aromatic rings. The van der Waals surface area contributed by atoms with E-state index in [4.69, 9.17) is 9.47 Å². The molecule has 5 heteroatoms. The summed E-state index contributed by atoms with van der Waals surface area (Å²) in [6, 6.07) is 8.22. The molecule has 1 aromatic carbocycles. The number of hydrogen-bond donors (Lipinski definition) is 1. The van der Waals surface area contributed by atoms with Crippen LogP contribution in [0.25, 0.3) is 0 Å². The predicted octanol–water partition coefficient (Wildman–Crippen LogP) is 2.67. The molecule has 0 aromatic heterocycles. The summed E-state index contributed by atoms with van der Waals surface area (Å²) in [5.74, 6) is 0.467. The van der Waals surface area contributed by atoms with Gasteiger partial charge in [-0.3, -0.25) is 4.79 Å². The van der Waals surface area contributed by atoms with Crippen molar-refractivity contribution in [2.45, 2.75) is 38.8 Å². The molecule has 0 radical (unpaired) electrons. The maximum Gasteiger partial charge on any atom is 0.253 e. The number of anilines is 2. The molecular formula is C18H26N2O3. The number of amides is 1. The molecular weight excluding hydrogens is 292 g/mol. The Morgan fingerprint density at radius 2 is 2.26 bits per heavy atom. The van der Waals surface area contributed by atoms with Crippen LogP contribution in [0.3, 0.4) is 0 Å². The minimum absolute atomic E-state index is 0.0163. The third kappa shape index (κ3) is 3.85. The summed E-state index contributed by atoms with van der Waals surface area (Å²) in [4.78, 5) is 14.5. The zero-order valence-corrected chi connectivity index (χ0v) is 14.0. The lowest BCUT2D eigenvalue weighted by molar-refractivity contribution is -0.124. The number of carbonyl (C=O) groups is 1. The van der Waals surface area contributed by atoms with Gasteiger partial charge in [-0.1, -0.05) is 26.0 Å². The van der Waals surface area contributed by atoms with Crippen molar-refractivity contribution in [2.75, 3.05) is 36.6 Å². The molecule has 2 aliphatic heterocycles. The second-order valence-corrected chi connectivity index (χ2v) is 6.67. The minimum atomic E-state index is 0.0163. The first-order chi connectivity index (χ1) is 11.1. The second kappa shape index (κ2) is 7.32. The van der Waals surface area contributed by atoms with E-state index in [2.05, 4.69) is 19.2 Å². The van der Waals surface area contributed by atoms with Gasteiger partial charge in [0.1, 0.15) is 6.61 Å². The van der Waals surface area contributed by atoms with E-state index in [-0.39, 0.29) is 24.7 Å². The summed E-state index contributed by atoms with van der Waals surface area (Å²) in [6.07, 6.45) is 2.27. The molecule has 0 spiro atoms. The fourth-order valence-corrected chi connectivity index (χ4v) is 3.12. The molecule has 1 saturated heterocycles. The average Bonchev–Trinajstić information content (AvgIpc) is 3.07. The Bertz CT molecular complexity index is 541. The van der Waals surface area contributed by atoms with Gasteiger partial charge in [-0.25, -0.2) is 0 Å². The number of rotatable bonds is 5. The molecule has 5 nitrogen and oxygen atoms in total. The van der Waals surface area contributed by atoms with Crippen LogP contribution < -0.4 is 10.2 Å². The first kappa shape index (κ1) is 16.3. The highest BCUT2D eigenvalue weighted by atomic mass is 16.5. The fourth-order valence-electron chi connectivity index (χ4n) is 3.12. The summed E-state index contributed by atoms with van der Waals surface area (Å²) in [7, 11) is 0. The lowest BCUT2D eigenvalue weighted by Gasteiger charge is -2.37. The molecule has 1 N–H and O–H groups in total. The van der Waals surface area contributed by atoms with E-state index in [0.717, 1.165) is 30.8 Å². The first-order valence-corrected chi connectivity index (χ1v) is 8.50.